The lowest BCUT2D eigenvalue weighted by Crippen LogP contribution is -1.92. The number of nitrogens with zero attached hydrogens (tertiary/aromatic N) is 2. The molecule has 0 aliphatic rings. The van der Waals surface area contributed by atoms with E-state index in [0.29, 0.717) is 11.3 Å². The Hall–Kier alpha value is -2.46. The van der Waals surface area contributed by atoms with Gasteiger partial charge in [0.2, 0.25) is 0 Å². The molecule has 0 atom stereocenters. The largest absolute Gasteiger partial charge is 0.507 e. The lowest BCUT2D eigenvalue weighted by atomic mass is 9.98. The summed E-state index contributed by atoms with van der Waals surface area (Å²) in [5.74, 6) is -0.214. The van der Waals surface area contributed by atoms with Crippen molar-refractivity contribution in [3.05, 3.63) is 53.2 Å². The topological polar surface area (TPSA) is 58.3 Å². The summed E-state index contributed by atoms with van der Waals surface area (Å²) in [4.78, 5) is 0. The van der Waals surface area contributed by atoms with E-state index in [2.05, 4.69) is 5.10 Å². The van der Waals surface area contributed by atoms with E-state index in [-0.39, 0.29) is 16.5 Å². The molecule has 0 aliphatic carbocycles. The number of aromatic hydroxyl groups is 2. The van der Waals surface area contributed by atoms with Crippen molar-refractivity contribution >= 4 is 11.6 Å². The maximum absolute atomic E-state index is 10.2. The summed E-state index contributed by atoms with van der Waals surface area (Å²) in [5.41, 5.74) is 4.03. The number of rotatable bonds is 2. The molecular formula is C17H15ClN2O2. The van der Waals surface area contributed by atoms with Crippen molar-refractivity contribution < 1.29 is 10.2 Å². The van der Waals surface area contributed by atoms with Gasteiger partial charge in [-0.15, -0.1) is 0 Å². The first-order valence-electron chi connectivity index (χ1n) is 6.80. The summed E-state index contributed by atoms with van der Waals surface area (Å²) in [7, 11) is 1.85. The summed E-state index contributed by atoms with van der Waals surface area (Å²) in [6, 6.07) is 12.6. The lowest BCUT2D eigenvalue weighted by molar-refractivity contribution is 0.452. The fraction of sp³-hybridized carbons (Fsp3) is 0.118. The first-order chi connectivity index (χ1) is 10.5. The van der Waals surface area contributed by atoms with Crippen LogP contribution in [0.15, 0.2) is 42.5 Å². The summed E-state index contributed by atoms with van der Waals surface area (Å²) >= 11 is 5.98. The average molecular weight is 315 g/mol. The third-order valence-electron chi connectivity index (χ3n) is 3.72. The molecule has 4 nitrogen and oxygen atoms in total. The van der Waals surface area contributed by atoms with E-state index in [0.717, 1.165) is 16.8 Å². The molecule has 0 bridgehead atoms. The number of aryl methyl sites for hydroxylation is 1. The molecule has 112 valence electrons. The van der Waals surface area contributed by atoms with Gasteiger partial charge in [-0.1, -0.05) is 41.9 Å². The lowest BCUT2D eigenvalue weighted by Gasteiger charge is -2.08. The van der Waals surface area contributed by atoms with Crippen molar-refractivity contribution in [1.82, 2.24) is 9.78 Å². The fourth-order valence-corrected chi connectivity index (χ4v) is 2.65. The molecular weight excluding hydrogens is 300 g/mol. The minimum atomic E-state index is -0.156. The van der Waals surface area contributed by atoms with Crippen molar-refractivity contribution in [3.8, 4) is 33.9 Å². The first-order valence-corrected chi connectivity index (χ1v) is 7.17. The molecule has 2 aromatic carbocycles. The molecule has 5 heteroatoms. The predicted molar refractivity (Wildman–Crippen MR) is 87.2 cm³/mol. The highest BCUT2D eigenvalue weighted by Gasteiger charge is 2.20. The maximum Gasteiger partial charge on any atom is 0.137 e. The molecule has 0 saturated carbocycles. The molecule has 3 aromatic rings. The fourth-order valence-electron chi connectivity index (χ4n) is 2.49. The number of phenolic OH excluding ortho intramolecular Hbond substituents is 2. The molecule has 0 saturated heterocycles. The summed E-state index contributed by atoms with van der Waals surface area (Å²) in [5, 5.41) is 24.5. The van der Waals surface area contributed by atoms with Crippen LogP contribution in [0, 0.1) is 6.92 Å². The summed E-state index contributed by atoms with van der Waals surface area (Å²) in [6.07, 6.45) is 0. The van der Waals surface area contributed by atoms with Crippen molar-refractivity contribution in [2.75, 3.05) is 0 Å². The van der Waals surface area contributed by atoms with Crippen LogP contribution in [-0.4, -0.2) is 20.0 Å². The van der Waals surface area contributed by atoms with Crippen LogP contribution < -0.4 is 0 Å². The smallest absolute Gasteiger partial charge is 0.137 e. The van der Waals surface area contributed by atoms with Crippen LogP contribution in [0.25, 0.3) is 22.4 Å². The van der Waals surface area contributed by atoms with Crippen molar-refractivity contribution in [2.24, 2.45) is 7.05 Å². The number of aromatic nitrogens is 2. The molecule has 0 radical (unpaired) electrons. The number of halogens is 1. The van der Waals surface area contributed by atoms with Crippen molar-refractivity contribution in [1.29, 1.82) is 0 Å². The van der Waals surface area contributed by atoms with Crippen LogP contribution in [0.1, 0.15) is 5.69 Å². The van der Waals surface area contributed by atoms with Crippen LogP contribution in [0.2, 0.25) is 5.02 Å². The second-order valence-corrected chi connectivity index (χ2v) is 5.53. The van der Waals surface area contributed by atoms with Gasteiger partial charge in [0.1, 0.15) is 17.2 Å². The number of hydrogen-bond donors (Lipinski definition) is 2. The standard InChI is InChI=1S/C17H15ClN2O2/c1-10-16(11-6-4-3-5-7-11)17(19-20(10)2)12-8-13(18)15(22)9-14(12)21/h3-9,21-22H,1-2H3. The average Bonchev–Trinajstić information content (AvgIpc) is 2.79. The number of benzene rings is 2. The zero-order valence-corrected chi connectivity index (χ0v) is 13.0. The SMILES string of the molecule is Cc1c(-c2ccccc2)c(-c2cc(Cl)c(O)cc2O)nn1C. The van der Waals surface area contributed by atoms with Gasteiger partial charge in [-0.25, -0.2) is 0 Å². The Morgan fingerprint density at radius 3 is 2.41 bits per heavy atom. The molecule has 0 unspecified atom stereocenters. The third kappa shape index (κ3) is 2.31. The molecule has 22 heavy (non-hydrogen) atoms. The molecule has 0 amide bonds. The summed E-state index contributed by atoms with van der Waals surface area (Å²) < 4.78 is 1.76. The van der Waals surface area contributed by atoms with Gasteiger partial charge in [-0.2, -0.15) is 5.10 Å². The normalized spacial score (nSPS) is 10.9. The maximum atomic E-state index is 10.2. The van der Waals surface area contributed by atoms with E-state index in [4.69, 9.17) is 11.6 Å². The van der Waals surface area contributed by atoms with Crippen molar-refractivity contribution in [3.63, 3.8) is 0 Å². The Labute approximate surface area is 133 Å². The molecule has 2 N–H and O–H groups in total. The van der Waals surface area contributed by atoms with Crippen LogP contribution >= 0.6 is 11.6 Å². The minimum absolute atomic E-state index is 0.0582. The van der Waals surface area contributed by atoms with Crippen LogP contribution in [0.5, 0.6) is 11.5 Å². The zero-order valence-electron chi connectivity index (χ0n) is 12.2. The Kier molecular flexibility index (Phi) is 3.54. The van der Waals surface area contributed by atoms with E-state index in [1.54, 1.807) is 4.68 Å². The quantitative estimate of drug-likeness (QED) is 0.748. The highest BCUT2D eigenvalue weighted by molar-refractivity contribution is 6.32. The number of phenols is 2. The highest BCUT2D eigenvalue weighted by Crippen LogP contribution is 2.41. The molecule has 0 fully saturated rings. The van der Waals surface area contributed by atoms with Gasteiger partial charge < -0.3 is 10.2 Å². The van der Waals surface area contributed by atoms with Gasteiger partial charge >= 0.3 is 0 Å². The van der Waals surface area contributed by atoms with Gasteiger partial charge in [-0.3, -0.25) is 4.68 Å². The zero-order chi connectivity index (χ0) is 15.9. The van der Waals surface area contributed by atoms with E-state index < -0.39 is 0 Å². The molecule has 0 aliphatic heterocycles. The molecule has 3 rings (SSSR count). The van der Waals surface area contributed by atoms with Crippen LogP contribution in [0.4, 0.5) is 0 Å². The Morgan fingerprint density at radius 1 is 1.05 bits per heavy atom. The van der Waals surface area contributed by atoms with E-state index in [9.17, 15) is 10.2 Å². The highest BCUT2D eigenvalue weighted by atomic mass is 35.5. The predicted octanol–water partition coefficient (Wildman–Crippen LogP) is 4.13. The van der Waals surface area contributed by atoms with Gasteiger partial charge in [0.15, 0.2) is 0 Å². The van der Waals surface area contributed by atoms with Gasteiger partial charge in [0, 0.05) is 29.9 Å². The van der Waals surface area contributed by atoms with Gasteiger partial charge in [-0.05, 0) is 18.6 Å². The third-order valence-corrected chi connectivity index (χ3v) is 4.02. The van der Waals surface area contributed by atoms with Gasteiger partial charge in [0.05, 0.1) is 5.02 Å². The number of hydrogen-bond acceptors (Lipinski definition) is 3. The summed E-state index contributed by atoms with van der Waals surface area (Å²) in [6.45, 7) is 1.97. The van der Waals surface area contributed by atoms with Crippen LogP contribution in [0.3, 0.4) is 0 Å². The van der Waals surface area contributed by atoms with E-state index >= 15 is 0 Å². The Morgan fingerprint density at radius 2 is 1.73 bits per heavy atom. The first kappa shape index (κ1) is 14.5. The van der Waals surface area contributed by atoms with E-state index in [1.807, 2.05) is 44.3 Å². The Bertz CT molecular complexity index is 842. The monoisotopic (exact) mass is 314 g/mol. The van der Waals surface area contributed by atoms with Crippen LogP contribution in [-0.2, 0) is 7.05 Å². The minimum Gasteiger partial charge on any atom is -0.507 e. The van der Waals surface area contributed by atoms with E-state index in [1.165, 1.54) is 12.1 Å². The van der Waals surface area contributed by atoms with Crippen molar-refractivity contribution in [2.45, 2.75) is 6.92 Å². The molecule has 0 spiro atoms. The Balaban J connectivity index is 2.29. The van der Waals surface area contributed by atoms with Gasteiger partial charge in [0.25, 0.3) is 0 Å². The second kappa shape index (κ2) is 5.39. The second-order valence-electron chi connectivity index (χ2n) is 5.12. The molecule has 1 heterocycles. The molecule has 1 aromatic heterocycles.